The van der Waals surface area contributed by atoms with E-state index < -0.39 is 0 Å². The third-order valence-electron chi connectivity index (χ3n) is 4.18. The fourth-order valence-electron chi connectivity index (χ4n) is 2.98. The average molecular weight is 325 g/mol. The molecule has 0 saturated heterocycles. The molecule has 6 heteroatoms. The second-order valence-electron chi connectivity index (χ2n) is 6.17. The van der Waals surface area contributed by atoms with Gasteiger partial charge >= 0.3 is 0 Å². The van der Waals surface area contributed by atoms with Gasteiger partial charge in [-0.05, 0) is 31.9 Å². The van der Waals surface area contributed by atoms with Crippen LogP contribution in [0.2, 0.25) is 0 Å². The summed E-state index contributed by atoms with van der Waals surface area (Å²) >= 11 is 0. The highest BCUT2D eigenvalue weighted by Gasteiger charge is 2.16. The molecule has 6 nitrogen and oxygen atoms in total. The Kier molecular flexibility index (Phi) is 5.36. The summed E-state index contributed by atoms with van der Waals surface area (Å²) in [5.41, 5.74) is 1.20. The van der Waals surface area contributed by atoms with Gasteiger partial charge < -0.3 is 10.6 Å². The first-order valence-electron chi connectivity index (χ1n) is 8.51. The number of nitrogens with one attached hydrogen (secondary N) is 2. The zero-order chi connectivity index (χ0) is 16.8. The molecule has 2 aromatic rings. The molecule has 24 heavy (non-hydrogen) atoms. The standard InChI is InChI=1S/C18H23N5O/c1-13-21-16(18(24)20-12-15-9-5-6-10-19-15)11-17(22-13)23-14-7-3-2-4-8-14/h5-6,9-11,14H,2-4,7-8,12H2,1H3,(H,20,24)(H,21,22,23). The summed E-state index contributed by atoms with van der Waals surface area (Å²) in [6.45, 7) is 2.19. The van der Waals surface area contributed by atoms with E-state index >= 15 is 0 Å². The highest BCUT2D eigenvalue weighted by atomic mass is 16.1. The third kappa shape index (κ3) is 4.50. The van der Waals surface area contributed by atoms with Gasteiger partial charge in [-0.2, -0.15) is 0 Å². The second kappa shape index (κ2) is 7.86. The number of carbonyl (C=O) groups excluding carboxylic acids is 1. The molecule has 1 aliphatic carbocycles. The van der Waals surface area contributed by atoms with Crippen LogP contribution in [0.4, 0.5) is 5.82 Å². The lowest BCUT2D eigenvalue weighted by atomic mass is 9.95. The molecule has 1 saturated carbocycles. The molecule has 1 aliphatic rings. The van der Waals surface area contributed by atoms with Gasteiger partial charge in [0.2, 0.25) is 0 Å². The summed E-state index contributed by atoms with van der Waals surface area (Å²) in [5, 5.41) is 6.30. The van der Waals surface area contributed by atoms with Gasteiger partial charge in [-0.3, -0.25) is 9.78 Å². The van der Waals surface area contributed by atoms with Crippen molar-refractivity contribution in [2.45, 2.75) is 51.6 Å². The Bertz CT molecular complexity index is 683. The zero-order valence-electron chi connectivity index (χ0n) is 14.0. The van der Waals surface area contributed by atoms with Crippen molar-refractivity contribution in [1.82, 2.24) is 20.3 Å². The molecule has 2 heterocycles. The topological polar surface area (TPSA) is 79.8 Å². The number of amides is 1. The van der Waals surface area contributed by atoms with Gasteiger partial charge in [-0.15, -0.1) is 0 Å². The Hall–Kier alpha value is -2.50. The van der Waals surface area contributed by atoms with Gasteiger partial charge in [-0.1, -0.05) is 25.3 Å². The number of hydrogen-bond donors (Lipinski definition) is 2. The Morgan fingerprint density at radius 1 is 1.21 bits per heavy atom. The van der Waals surface area contributed by atoms with Gasteiger partial charge in [0.05, 0.1) is 12.2 Å². The van der Waals surface area contributed by atoms with E-state index in [0.29, 0.717) is 24.1 Å². The lowest BCUT2D eigenvalue weighted by Crippen LogP contribution is -2.26. The van der Waals surface area contributed by atoms with Crippen LogP contribution in [-0.2, 0) is 6.54 Å². The van der Waals surface area contributed by atoms with Crippen molar-refractivity contribution < 1.29 is 4.79 Å². The number of aromatic nitrogens is 3. The van der Waals surface area contributed by atoms with E-state index in [1.165, 1.54) is 19.3 Å². The highest BCUT2D eigenvalue weighted by Crippen LogP contribution is 2.21. The van der Waals surface area contributed by atoms with Gasteiger partial charge in [0, 0.05) is 18.3 Å². The first-order chi connectivity index (χ1) is 11.7. The van der Waals surface area contributed by atoms with Crippen molar-refractivity contribution in [3.8, 4) is 0 Å². The predicted octanol–water partition coefficient (Wildman–Crippen LogP) is 2.85. The largest absolute Gasteiger partial charge is 0.367 e. The molecule has 0 spiro atoms. The zero-order valence-corrected chi connectivity index (χ0v) is 14.0. The van der Waals surface area contributed by atoms with Crippen LogP contribution in [0.25, 0.3) is 0 Å². The molecule has 3 rings (SSSR count). The maximum Gasteiger partial charge on any atom is 0.270 e. The number of nitrogens with zero attached hydrogens (tertiary/aromatic N) is 3. The van der Waals surface area contributed by atoms with Crippen molar-refractivity contribution >= 4 is 11.7 Å². The summed E-state index contributed by atoms with van der Waals surface area (Å²) in [6.07, 6.45) is 7.83. The van der Waals surface area contributed by atoms with E-state index in [9.17, 15) is 4.79 Å². The molecule has 0 aromatic carbocycles. The highest BCUT2D eigenvalue weighted by molar-refractivity contribution is 5.92. The summed E-state index contributed by atoms with van der Waals surface area (Å²) in [7, 11) is 0. The van der Waals surface area contributed by atoms with Crippen molar-refractivity contribution in [1.29, 1.82) is 0 Å². The molecule has 0 unspecified atom stereocenters. The predicted molar refractivity (Wildman–Crippen MR) is 92.7 cm³/mol. The van der Waals surface area contributed by atoms with Crippen LogP contribution < -0.4 is 10.6 Å². The first-order valence-corrected chi connectivity index (χ1v) is 8.51. The second-order valence-corrected chi connectivity index (χ2v) is 6.17. The van der Waals surface area contributed by atoms with E-state index in [1.807, 2.05) is 25.1 Å². The number of rotatable bonds is 5. The van der Waals surface area contributed by atoms with Gasteiger partial charge in [0.15, 0.2) is 0 Å². The SMILES string of the molecule is Cc1nc(NC2CCCCC2)cc(C(=O)NCc2ccccn2)n1. The van der Waals surface area contributed by atoms with Crippen molar-refractivity contribution in [3.05, 3.63) is 47.7 Å². The number of carbonyl (C=O) groups is 1. The molecule has 126 valence electrons. The minimum Gasteiger partial charge on any atom is -0.367 e. The fraction of sp³-hybridized carbons (Fsp3) is 0.444. The van der Waals surface area contributed by atoms with E-state index in [4.69, 9.17) is 0 Å². The molecule has 2 aromatic heterocycles. The minimum absolute atomic E-state index is 0.210. The molecule has 0 atom stereocenters. The first kappa shape index (κ1) is 16.4. The van der Waals surface area contributed by atoms with E-state index in [0.717, 1.165) is 24.4 Å². The van der Waals surface area contributed by atoms with Crippen molar-refractivity contribution in [2.24, 2.45) is 0 Å². The Labute approximate surface area is 142 Å². The quantitative estimate of drug-likeness (QED) is 0.883. The van der Waals surface area contributed by atoms with Crippen LogP contribution in [0.3, 0.4) is 0 Å². The number of anilines is 1. The Morgan fingerprint density at radius 3 is 2.79 bits per heavy atom. The van der Waals surface area contributed by atoms with Gasteiger partial charge in [0.25, 0.3) is 5.91 Å². The number of pyridine rings is 1. The van der Waals surface area contributed by atoms with Gasteiger partial charge in [0.1, 0.15) is 17.3 Å². The summed E-state index contributed by atoms with van der Waals surface area (Å²) in [5.74, 6) is 1.12. The van der Waals surface area contributed by atoms with Crippen LogP contribution in [0.5, 0.6) is 0 Å². The summed E-state index contributed by atoms with van der Waals surface area (Å²) in [4.78, 5) is 25.2. The van der Waals surface area contributed by atoms with Crippen LogP contribution in [0, 0.1) is 6.92 Å². The fourth-order valence-corrected chi connectivity index (χ4v) is 2.98. The Balaban J connectivity index is 1.64. The van der Waals surface area contributed by atoms with Crippen LogP contribution in [0.1, 0.15) is 54.1 Å². The van der Waals surface area contributed by atoms with Gasteiger partial charge in [-0.25, -0.2) is 9.97 Å². The molecule has 1 amide bonds. The van der Waals surface area contributed by atoms with Crippen molar-refractivity contribution in [2.75, 3.05) is 5.32 Å². The molecule has 2 N–H and O–H groups in total. The molecule has 0 radical (unpaired) electrons. The number of hydrogen-bond acceptors (Lipinski definition) is 5. The van der Waals surface area contributed by atoms with E-state index in [2.05, 4.69) is 25.6 Å². The summed E-state index contributed by atoms with van der Waals surface area (Å²) in [6, 6.07) is 7.80. The molecule has 1 fully saturated rings. The molecule has 0 bridgehead atoms. The minimum atomic E-state index is -0.210. The Morgan fingerprint density at radius 2 is 2.04 bits per heavy atom. The maximum absolute atomic E-state index is 12.4. The summed E-state index contributed by atoms with van der Waals surface area (Å²) < 4.78 is 0. The normalized spacial score (nSPS) is 15.0. The lowest BCUT2D eigenvalue weighted by molar-refractivity contribution is 0.0945. The number of aryl methyl sites for hydroxylation is 1. The molecular weight excluding hydrogens is 302 g/mol. The van der Waals surface area contributed by atoms with E-state index in [-0.39, 0.29) is 5.91 Å². The molecule has 0 aliphatic heterocycles. The third-order valence-corrected chi connectivity index (χ3v) is 4.18. The van der Waals surface area contributed by atoms with Crippen molar-refractivity contribution in [3.63, 3.8) is 0 Å². The maximum atomic E-state index is 12.4. The monoisotopic (exact) mass is 325 g/mol. The van der Waals surface area contributed by atoms with Crippen LogP contribution >= 0.6 is 0 Å². The van der Waals surface area contributed by atoms with E-state index in [1.54, 1.807) is 12.3 Å². The molecular formula is C18H23N5O. The lowest BCUT2D eigenvalue weighted by Gasteiger charge is -2.23. The van der Waals surface area contributed by atoms with Crippen LogP contribution in [-0.4, -0.2) is 26.9 Å². The average Bonchev–Trinajstić information content (AvgIpc) is 2.61. The smallest absolute Gasteiger partial charge is 0.270 e. The van der Waals surface area contributed by atoms with Crippen LogP contribution in [0.15, 0.2) is 30.5 Å².